The van der Waals surface area contributed by atoms with Gasteiger partial charge in [0.2, 0.25) is 5.91 Å². The van der Waals surface area contributed by atoms with Crippen molar-refractivity contribution in [3.05, 3.63) is 59.1 Å². The lowest BCUT2D eigenvalue weighted by molar-refractivity contribution is -0.118. The predicted molar refractivity (Wildman–Crippen MR) is 108 cm³/mol. The van der Waals surface area contributed by atoms with Gasteiger partial charge >= 0.3 is 5.76 Å². The quantitative estimate of drug-likeness (QED) is 0.686. The van der Waals surface area contributed by atoms with Gasteiger partial charge in [-0.1, -0.05) is 25.0 Å². The highest BCUT2D eigenvalue weighted by Gasteiger charge is 2.21. The second kappa shape index (κ2) is 7.64. The van der Waals surface area contributed by atoms with Crippen molar-refractivity contribution in [2.75, 3.05) is 5.32 Å². The molecule has 0 saturated heterocycles. The van der Waals surface area contributed by atoms with Gasteiger partial charge < -0.3 is 9.73 Å². The van der Waals surface area contributed by atoms with Crippen molar-refractivity contribution in [2.24, 2.45) is 0 Å². The number of rotatable bonds is 5. The number of oxazole rings is 1. The van der Waals surface area contributed by atoms with Gasteiger partial charge in [0, 0.05) is 15.8 Å². The van der Waals surface area contributed by atoms with Crippen LogP contribution in [0, 0.1) is 0 Å². The summed E-state index contributed by atoms with van der Waals surface area (Å²) in [6.45, 7) is 1.70. The van der Waals surface area contributed by atoms with Crippen LogP contribution in [0.1, 0.15) is 38.6 Å². The second-order valence-corrected chi connectivity index (χ2v) is 8.29. The maximum Gasteiger partial charge on any atom is 0.420 e. The maximum atomic E-state index is 12.7. The lowest BCUT2D eigenvalue weighted by Crippen LogP contribution is -2.29. The Morgan fingerprint density at radius 2 is 1.85 bits per heavy atom. The highest BCUT2D eigenvalue weighted by molar-refractivity contribution is 8.00. The monoisotopic (exact) mass is 382 g/mol. The van der Waals surface area contributed by atoms with Gasteiger partial charge in [-0.25, -0.2) is 4.79 Å². The molecule has 27 heavy (non-hydrogen) atoms. The largest absolute Gasteiger partial charge is 0.420 e. The molecule has 3 aromatic rings. The van der Waals surface area contributed by atoms with Crippen LogP contribution in [0.15, 0.2) is 62.6 Å². The summed E-state index contributed by atoms with van der Waals surface area (Å²) in [5.74, 6) is -0.776. The first-order valence-electron chi connectivity index (χ1n) is 9.29. The Morgan fingerprint density at radius 3 is 2.59 bits per heavy atom. The highest BCUT2D eigenvalue weighted by atomic mass is 32.2. The smallest absolute Gasteiger partial charge is 0.408 e. The molecule has 1 atom stereocenters. The summed E-state index contributed by atoms with van der Waals surface area (Å²) in [5.41, 5.74) is 1.83. The molecule has 5 nitrogen and oxygen atoms in total. The number of anilines is 1. The van der Waals surface area contributed by atoms with Crippen molar-refractivity contribution in [3.8, 4) is 0 Å². The van der Waals surface area contributed by atoms with Gasteiger partial charge in [-0.05, 0) is 56.2 Å². The molecule has 2 aromatic carbocycles. The molecule has 1 saturated carbocycles. The van der Waals surface area contributed by atoms with E-state index in [1.165, 1.54) is 35.1 Å². The molecule has 1 N–H and O–H groups in total. The lowest BCUT2D eigenvalue weighted by Gasteiger charge is -2.14. The summed E-state index contributed by atoms with van der Waals surface area (Å²) in [6, 6.07) is 14.4. The van der Waals surface area contributed by atoms with E-state index in [1.54, 1.807) is 25.1 Å². The molecular formula is C21H22N2O3S. The van der Waals surface area contributed by atoms with Crippen molar-refractivity contribution in [1.29, 1.82) is 0 Å². The first-order chi connectivity index (χ1) is 13.1. The van der Waals surface area contributed by atoms with Crippen molar-refractivity contribution in [3.63, 3.8) is 0 Å². The van der Waals surface area contributed by atoms with Crippen LogP contribution in [-0.2, 0) is 4.79 Å². The van der Waals surface area contributed by atoms with Gasteiger partial charge in [0.15, 0.2) is 5.58 Å². The summed E-state index contributed by atoms with van der Waals surface area (Å²) in [6.07, 6.45) is 5.22. The minimum absolute atomic E-state index is 0.250. The molecule has 0 aliphatic heterocycles. The van der Waals surface area contributed by atoms with E-state index in [2.05, 4.69) is 5.32 Å². The molecule has 4 rings (SSSR count). The average Bonchev–Trinajstić information content (AvgIpc) is 3.29. The molecule has 1 aromatic heterocycles. The fraction of sp³-hybridized carbons (Fsp3) is 0.333. The average molecular weight is 382 g/mol. The zero-order valence-corrected chi connectivity index (χ0v) is 16.0. The summed E-state index contributed by atoms with van der Waals surface area (Å²) in [7, 11) is 0. The molecule has 0 bridgehead atoms. The van der Waals surface area contributed by atoms with Gasteiger partial charge in [0.05, 0.1) is 5.52 Å². The molecule has 1 aliphatic rings. The summed E-state index contributed by atoms with van der Waals surface area (Å²) < 4.78 is 6.61. The van der Waals surface area contributed by atoms with Crippen LogP contribution in [0.25, 0.3) is 11.1 Å². The number of hydrogen-bond donors (Lipinski definition) is 1. The number of carbonyl (C=O) groups is 1. The van der Waals surface area contributed by atoms with E-state index in [0.717, 1.165) is 5.69 Å². The number of aromatic nitrogens is 1. The summed E-state index contributed by atoms with van der Waals surface area (Å²) in [5, 5.41) is 3.61. The van der Waals surface area contributed by atoms with E-state index >= 15 is 0 Å². The third kappa shape index (κ3) is 3.81. The van der Waals surface area contributed by atoms with Crippen LogP contribution >= 0.6 is 11.8 Å². The fourth-order valence-electron chi connectivity index (χ4n) is 3.53. The van der Waals surface area contributed by atoms with E-state index in [4.69, 9.17) is 4.42 Å². The molecule has 1 fully saturated rings. The van der Waals surface area contributed by atoms with Gasteiger partial charge in [0.1, 0.15) is 6.04 Å². The number of carbonyl (C=O) groups excluding carboxylic acids is 1. The fourth-order valence-corrected chi connectivity index (χ4v) is 4.78. The third-order valence-corrected chi connectivity index (χ3v) is 6.36. The predicted octanol–water partition coefficient (Wildman–Crippen LogP) is 4.83. The van der Waals surface area contributed by atoms with Gasteiger partial charge in [-0.3, -0.25) is 9.36 Å². The number of benzene rings is 2. The van der Waals surface area contributed by atoms with E-state index in [0.29, 0.717) is 16.3 Å². The van der Waals surface area contributed by atoms with Crippen molar-refractivity contribution in [2.45, 2.75) is 48.8 Å². The minimum atomic E-state index is -0.673. The first-order valence-corrected chi connectivity index (χ1v) is 10.2. The Morgan fingerprint density at radius 1 is 1.15 bits per heavy atom. The van der Waals surface area contributed by atoms with E-state index in [1.807, 2.05) is 42.1 Å². The van der Waals surface area contributed by atoms with Crippen LogP contribution < -0.4 is 11.1 Å². The minimum Gasteiger partial charge on any atom is -0.408 e. The van der Waals surface area contributed by atoms with Gasteiger partial charge in [-0.2, -0.15) is 0 Å². The molecule has 6 heteroatoms. The van der Waals surface area contributed by atoms with E-state index in [9.17, 15) is 9.59 Å². The van der Waals surface area contributed by atoms with Crippen molar-refractivity contribution < 1.29 is 9.21 Å². The lowest BCUT2D eigenvalue weighted by atomic mass is 10.2. The van der Waals surface area contributed by atoms with Crippen LogP contribution in [-0.4, -0.2) is 15.7 Å². The van der Waals surface area contributed by atoms with E-state index < -0.39 is 11.8 Å². The Hall–Kier alpha value is -2.47. The van der Waals surface area contributed by atoms with Crippen LogP contribution in [0.3, 0.4) is 0 Å². The Kier molecular flexibility index (Phi) is 5.07. The second-order valence-electron chi connectivity index (χ2n) is 6.92. The topological polar surface area (TPSA) is 64.2 Å². The number of fused-ring (bicyclic) bond motifs is 1. The molecular weight excluding hydrogens is 360 g/mol. The highest BCUT2D eigenvalue weighted by Crippen LogP contribution is 2.35. The first kappa shape index (κ1) is 17.9. The molecule has 0 spiro atoms. The van der Waals surface area contributed by atoms with Gasteiger partial charge in [-0.15, -0.1) is 11.8 Å². The summed E-state index contributed by atoms with van der Waals surface area (Å²) >= 11 is 1.92. The molecule has 140 valence electrons. The van der Waals surface area contributed by atoms with Crippen molar-refractivity contribution >= 4 is 34.5 Å². The number of nitrogens with zero attached hydrogens (tertiary/aromatic N) is 1. The Bertz CT molecular complexity index is 1000. The van der Waals surface area contributed by atoms with Crippen molar-refractivity contribution in [1.82, 2.24) is 4.57 Å². The normalized spacial score (nSPS) is 15.9. The standard InChI is InChI=1S/C21H22N2O3S/c1-14(23-18-8-4-5-9-19(18)26-21(23)25)20(24)22-15-10-12-17(13-11-15)27-16-6-2-3-7-16/h4-5,8-14,16H,2-3,6-7H2,1H3,(H,22,24)/t14-/m0/s1. The number of para-hydroxylation sites is 2. The molecule has 0 unspecified atom stereocenters. The SMILES string of the molecule is C[C@@H](C(=O)Nc1ccc(SC2CCCC2)cc1)n1c(=O)oc2ccccc21. The zero-order valence-electron chi connectivity index (χ0n) is 15.2. The maximum absolute atomic E-state index is 12.7. The van der Waals surface area contributed by atoms with Crippen LogP contribution in [0.4, 0.5) is 5.69 Å². The third-order valence-electron chi connectivity index (χ3n) is 5.01. The zero-order chi connectivity index (χ0) is 18.8. The van der Waals surface area contributed by atoms with Gasteiger partial charge in [0.25, 0.3) is 0 Å². The number of amides is 1. The molecule has 0 radical (unpaired) electrons. The van der Waals surface area contributed by atoms with Crippen LogP contribution in [0.5, 0.6) is 0 Å². The Balaban J connectivity index is 1.46. The number of hydrogen-bond acceptors (Lipinski definition) is 4. The van der Waals surface area contributed by atoms with E-state index in [-0.39, 0.29) is 5.91 Å². The molecule has 1 aliphatic carbocycles. The molecule has 1 amide bonds. The number of thioether (sulfide) groups is 1. The number of nitrogens with one attached hydrogen (secondary N) is 1. The van der Waals surface area contributed by atoms with Crippen LogP contribution in [0.2, 0.25) is 0 Å². The summed E-state index contributed by atoms with van der Waals surface area (Å²) in [4.78, 5) is 26.0. The molecule has 1 heterocycles. The Labute approximate surface area is 161 Å².